The average molecular weight is 263 g/mol. The molecule has 0 radical (unpaired) electrons. The molecule has 0 aliphatic carbocycles. The largest absolute Gasteiger partial charge is 0.481 e. The summed E-state index contributed by atoms with van der Waals surface area (Å²) in [5, 5.41) is 11.3. The van der Waals surface area contributed by atoms with Gasteiger partial charge in [0.1, 0.15) is 6.42 Å². The zero-order valence-corrected chi connectivity index (χ0v) is 12.1. The number of benzene rings is 1. The van der Waals surface area contributed by atoms with Gasteiger partial charge in [0.15, 0.2) is 0 Å². The number of amides is 1. The van der Waals surface area contributed by atoms with Gasteiger partial charge in [0.25, 0.3) is 0 Å². The minimum absolute atomic E-state index is 0.0408. The fourth-order valence-corrected chi connectivity index (χ4v) is 1.91. The molecule has 4 nitrogen and oxygen atoms in total. The van der Waals surface area contributed by atoms with E-state index in [0.29, 0.717) is 5.69 Å². The van der Waals surface area contributed by atoms with Crippen molar-refractivity contribution in [3.8, 4) is 0 Å². The van der Waals surface area contributed by atoms with Crippen LogP contribution in [0.1, 0.15) is 43.9 Å². The summed E-state index contributed by atoms with van der Waals surface area (Å²) in [5.74, 6) is -1.62. The number of carbonyl (C=O) groups is 2. The molecule has 0 heterocycles. The number of carbonyl (C=O) groups excluding carboxylic acids is 1. The van der Waals surface area contributed by atoms with Crippen LogP contribution in [0.15, 0.2) is 12.1 Å². The van der Waals surface area contributed by atoms with E-state index in [1.165, 1.54) is 5.56 Å². The van der Waals surface area contributed by atoms with Crippen LogP contribution < -0.4 is 5.32 Å². The van der Waals surface area contributed by atoms with Gasteiger partial charge in [0.2, 0.25) is 5.91 Å². The van der Waals surface area contributed by atoms with Crippen molar-refractivity contribution in [1.82, 2.24) is 0 Å². The second-order valence-corrected chi connectivity index (χ2v) is 5.85. The Hall–Kier alpha value is -1.84. The molecule has 0 aromatic heterocycles. The summed E-state index contributed by atoms with van der Waals surface area (Å²) in [7, 11) is 0. The summed E-state index contributed by atoms with van der Waals surface area (Å²) in [6, 6.07) is 4.06. The molecule has 104 valence electrons. The number of hydrogen-bond acceptors (Lipinski definition) is 2. The van der Waals surface area contributed by atoms with Gasteiger partial charge in [-0.3, -0.25) is 9.59 Å². The van der Waals surface area contributed by atoms with Gasteiger partial charge in [-0.25, -0.2) is 0 Å². The van der Waals surface area contributed by atoms with Crippen molar-refractivity contribution in [2.75, 3.05) is 5.32 Å². The summed E-state index contributed by atoms with van der Waals surface area (Å²) in [4.78, 5) is 22.0. The second-order valence-electron chi connectivity index (χ2n) is 5.85. The highest BCUT2D eigenvalue weighted by atomic mass is 16.4. The smallest absolute Gasteiger partial charge is 0.312 e. The lowest BCUT2D eigenvalue weighted by molar-refractivity contribution is -0.139. The maximum atomic E-state index is 11.5. The Morgan fingerprint density at radius 1 is 1.16 bits per heavy atom. The van der Waals surface area contributed by atoms with Crippen molar-refractivity contribution >= 4 is 17.6 Å². The highest BCUT2D eigenvalue weighted by Crippen LogP contribution is 2.29. The Morgan fingerprint density at radius 3 is 2.00 bits per heavy atom. The number of nitrogens with one attached hydrogen (secondary N) is 1. The predicted molar refractivity (Wildman–Crippen MR) is 75.5 cm³/mol. The normalized spacial score (nSPS) is 11.2. The van der Waals surface area contributed by atoms with Crippen molar-refractivity contribution in [1.29, 1.82) is 0 Å². The molecule has 0 fully saturated rings. The van der Waals surface area contributed by atoms with E-state index >= 15 is 0 Å². The summed E-state index contributed by atoms with van der Waals surface area (Å²) in [6.45, 7) is 10.2. The highest BCUT2D eigenvalue weighted by Gasteiger charge is 2.17. The van der Waals surface area contributed by atoms with Crippen LogP contribution in [0.4, 0.5) is 5.69 Å². The van der Waals surface area contributed by atoms with E-state index in [1.54, 1.807) is 0 Å². The molecule has 0 unspecified atom stereocenters. The third-order valence-corrected chi connectivity index (χ3v) is 2.97. The van der Waals surface area contributed by atoms with E-state index in [9.17, 15) is 9.59 Å². The van der Waals surface area contributed by atoms with Gasteiger partial charge in [-0.05, 0) is 36.0 Å². The lowest BCUT2D eigenvalue weighted by Gasteiger charge is -2.22. The van der Waals surface area contributed by atoms with Crippen molar-refractivity contribution in [3.05, 3.63) is 28.8 Å². The van der Waals surface area contributed by atoms with E-state index in [-0.39, 0.29) is 5.41 Å². The first-order valence-corrected chi connectivity index (χ1v) is 6.24. The fourth-order valence-electron chi connectivity index (χ4n) is 1.91. The predicted octanol–water partition coefficient (Wildman–Crippen LogP) is 3.01. The molecule has 0 aliphatic heterocycles. The van der Waals surface area contributed by atoms with Crippen molar-refractivity contribution < 1.29 is 14.7 Å². The molecular weight excluding hydrogens is 242 g/mol. The van der Waals surface area contributed by atoms with Crippen molar-refractivity contribution in [2.45, 2.75) is 46.5 Å². The first kappa shape index (κ1) is 15.2. The second kappa shape index (κ2) is 5.43. The molecular formula is C15H21NO3. The maximum absolute atomic E-state index is 11.5. The number of carboxylic acids is 1. The van der Waals surface area contributed by atoms with Crippen LogP contribution in [0.25, 0.3) is 0 Å². The molecule has 0 aliphatic rings. The zero-order valence-electron chi connectivity index (χ0n) is 12.1. The molecule has 2 N–H and O–H groups in total. The summed E-state index contributed by atoms with van der Waals surface area (Å²) < 4.78 is 0. The minimum atomic E-state index is -1.13. The minimum Gasteiger partial charge on any atom is -0.481 e. The quantitative estimate of drug-likeness (QED) is 0.824. The van der Waals surface area contributed by atoms with Gasteiger partial charge in [0.05, 0.1) is 0 Å². The molecule has 0 atom stereocenters. The number of hydrogen-bond donors (Lipinski definition) is 2. The highest BCUT2D eigenvalue weighted by molar-refractivity contribution is 6.02. The van der Waals surface area contributed by atoms with Crippen LogP contribution in [0, 0.1) is 13.8 Å². The average Bonchev–Trinajstić information content (AvgIpc) is 2.20. The monoisotopic (exact) mass is 263 g/mol. The lowest BCUT2D eigenvalue weighted by Crippen LogP contribution is -2.18. The van der Waals surface area contributed by atoms with Gasteiger partial charge < -0.3 is 10.4 Å². The van der Waals surface area contributed by atoms with Crippen molar-refractivity contribution in [3.63, 3.8) is 0 Å². The Labute approximate surface area is 113 Å². The molecule has 1 aromatic rings. The molecule has 1 aromatic carbocycles. The van der Waals surface area contributed by atoms with Crippen LogP contribution in [0.3, 0.4) is 0 Å². The Bertz CT molecular complexity index is 490. The standard InChI is InChI=1S/C15H21NO3/c1-9-6-11(15(3,4)5)7-10(2)14(9)16-12(17)8-13(18)19/h6-7H,8H2,1-5H3,(H,16,17)(H,18,19). The molecule has 0 saturated heterocycles. The SMILES string of the molecule is Cc1cc(C(C)(C)C)cc(C)c1NC(=O)CC(=O)O. The van der Waals surface area contributed by atoms with Gasteiger partial charge in [-0.2, -0.15) is 0 Å². The molecule has 0 saturated carbocycles. The van der Waals surface area contributed by atoms with Crippen molar-refractivity contribution in [2.24, 2.45) is 0 Å². The topological polar surface area (TPSA) is 66.4 Å². The molecule has 1 amide bonds. The van der Waals surface area contributed by atoms with E-state index in [4.69, 9.17) is 5.11 Å². The van der Waals surface area contributed by atoms with Crippen LogP contribution in [0.5, 0.6) is 0 Å². The van der Waals surface area contributed by atoms with Gasteiger partial charge in [-0.15, -0.1) is 0 Å². The summed E-state index contributed by atoms with van der Waals surface area (Å²) >= 11 is 0. The van der Waals surface area contributed by atoms with E-state index in [0.717, 1.165) is 11.1 Å². The Balaban J connectivity index is 3.04. The number of aryl methyl sites for hydroxylation is 2. The molecule has 4 heteroatoms. The first-order valence-electron chi connectivity index (χ1n) is 6.24. The molecule has 1 rings (SSSR count). The van der Waals surface area contributed by atoms with Gasteiger partial charge >= 0.3 is 5.97 Å². The first-order chi connectivity index (χ1) is 8.61. The van der Waals surface area contributed by atoms with Crippen LogP contribution >= 0.6 is 0 Å². The Morgan fingerprint density at radius 2 is 1.63 bits per heavy atom. The maximum Gasteiger partial charge on any atom is 0.312 e. The van der Waals surface area contributed by atoms with E-state index in [1.807, 2.05) is 26.0 Å². The number of carboxylic acid groups (broad SMARTS) is 1. The van der Waals surface area contributed by atoms with E-state index in [2.05, 4.69) is 26.1 Å². The third-order valence-electron chi connectivity index (χ3n) is 2.97. The van der Waals surface area contributed by atoms with Crippen LogP contribution in [-0.4, -0.2) is 17.0 Å². The molecule has 0 bridgehead atoms. The Kier molecular flexibility index (Phi) is 4.35. The van der Waals surface area contributed by atoms with Crippen LogP contribution in [-0.2, 0) is 15.0 Å². The molecule has 0 spiro atoms. The fraction of sp³-hybridized carbons (Fsp3) is 0.467. The van der Waals surface area contributed by atoms with E-state index < -0.39 is 18.3 Å². The number of anilines is 1. The van der Waals surface area contributed by atoms with Gasteiger partial charge in [-0.1, -0.05) is 32.9 Å². The van der Waals surface area contributed by atoms with Gasteiger partial charge in [0, 0.05) is 5.69 Å². The summed E-state index contributed by atoms with van der Waals surface area (Å²) in [5.41, 5.74) is 3.84. The third kappa shape index (κ3) is 4.09. The summed E-state index contributed by atoms with van der Waals surface area (Å²) in [6.07, 6.45) is -0.514. The number of rotatable bonds is 3. The van der Waals surface area contributed by atoms with Crippen LogP contribution in [0.2, 0.25) is 0 Å². The zero-order chi connectivity index (χ0) is 14.8. The molecule has 19 heavy (non-hydrogen) atoms. The lowest BCUT2D eigenvalue weighted by atomic mass is 9.85. The number of aliphatic carboxylic acids is 1.